The molecule has 118 valence electrons. The van der Waals surface area contributed by atoms with Gasteiger partial charge >= 0.3 is 0 Å². The highest BCUT2D eigenvalue weighted by Gasteiger charge is 2.32. The molecule has 2 rings (SSSR count). The van der Waals surface area contributed by atoms with Gasteiger partial charge in [0.1, 0.15) is 0 Å². The SMILES string of the molecule is CCNC1CCC(CC)CC1CN1CCC(N(C)C)C1. The third-order valence-corrected chi connectivity index (χ3v) is 5.61. The molecule has 20 heavy (non-hydrogen) atoms. The summed E-state index contributed by atoms with van der Waals surface area (Å²) < 4.78 is 0. The Labute approximate surface area is 126 Å². The Morgan fingerprint density at radius 1 is 1.15 bits per heavy atom. The molecule has 1 saturated carbocycles. The van der Waals surface area contributed by atoms with Crippen molar-refractivity contribution in [3.63, 3.8) is 0 Å². The van der Waals surface area contributed by atoms with Gasteiger partial charge in [-0.05, 0) is 64.7 Å². The number of likely N-dealkylation sites (tertiary alicyclic amines) is 1. The van der Waals surface area contributed by atoms with Crippen LogP contribution in [0.5, 0.6) is 0 Å². The molecule has 0 aromatic heterocycles. The number of nitrogens with one attached hydrogen (secondary N) is 1. The van der Waals surface area contributed by atoms with Crippen LogP contribution in [-0.4, -0.2) is 62.2 Å². The van der Waals surface area contributed by atoms with Gasteiger partial charge in [-0.15, -0.1) is 0 Å². The highest BCUT2D eigenvalue weighted by molar-refractivity contribution is 4.89. The molecule has 0 spiro atoms. The Hall–Kier alpha value is -0.120. The molecular formula is C17H35N3. The topological polar surface area (TPSA) is 18.5 Å². The molecule has 1 aliphatic heterocycles. The Balaban J connectivity index is 1.87. The predicted octanol–water partition coefficient (Wildman–Crippen LogP) is 2.43. The van der Waals surface area contributed by atoms with Crippen LogP contribution in [0.4, 0.5) is 0 Å². The molecular weight excluding hydrogens is 246 g/mol. The van der Waals surface area contributed by atoms with Crippen LogP contribution in [0, 0.1) is 11.8 Å². The summed E-state index contributed by atoms with van der Waals surface area (Å²) in [4.78, 5) is 5.12. The zero-order chi connectivity index (χ0) is 14.5. The van der Waals surface area contributed by atoms with Gasteiger partial charge in [-0.2, -0.15) is 0 Å². The molecule has 0 bridgehead atoms. The van der Waals surface area contributed by atoms with Crippen molar-refractivity contribution >= 4 is 0 Å². The molecule has 1 aliphatic carbocycles. The molecule has 3 nitrogen and oxygen atoms in total. The van der Waals surface area contributed by atoms with Crippen LogP contribution in [0.3, 0.4) is 0 Å². The third-order valence-electron chi connectivity index (χ3n) is 5.61. The number of hydrogen-bond donors (Lipinski definition) is 1. The fraction of sp³-hybridized carbons (Fsp3) is 1.00. The fourth-order valence-corrected chi connectivity index (χ4v) is 4.20. The van der Waals surface area contributed by atoms with Crippen molar-refractivity contribution in [1.29, 1.82) is 0 Å². The summed E-state index contributed by atoms with van der Waals surface area (Å²) in [6, 6.07) is 1.54. The standard InChI is InChI=1S/C17H35N3/c1-5-14-7-8-17(18-6-2)15(11-14)12-20-10-9-16(13-20)19(3)4/h14-18H,5-13H2,1-4H3. The summed E-state index contributed by atoms with van der Waals surface area (Å²) >= 11 is 0. The summed E-state index contributed by atoms with van der Waals surface area (Å²) in [5.41, 5.74) is 0. The van der Waals surface area contributed by atoms with Crippen molar-refractivity contribution in [1.82, 2.24) is 15.1 Å². The second-order valence-electron chi connectivity index (χ2n) is 7.18. The molecule has 0 amide bonds. The van der Waals surface area contributed by atoms with E-state index in [1.165, 1.54) is 51.7 Å². The van der Waals surface area contributed by atoms with Crippen LogP contribution in [0.25, 0.3) is 0 Å². The highest BCUT2D eigenvalue weighted by atomic mass is 15.2. The van der Waals surface area contributed by atoms with E-state index in [0.29, 0.717) is 0 Å². The lowest BCUT2D eigenvalue weighted by Gasteiger charge is -2.38. The normalized spacial score (nSPS) is 35.9. The molecule has 3 heteroatoms. The number of hydrogen-bond acceptors (Lipinski definition) is 3. The van der Waals surface area contributed by atoms with Gasteiger partial charge in [0, 0.05) is 25.2 Å². The molecule has 4 unspecified atom stereocenters. The lowest BCUT2D eigenvalue weighted by Crippen LogP contribution is -2.45. The van der Waals surface area contributed by atoms with Crippen molar-refractivity contribution < 1.29 is 0 Å². The summed E-state index contributed by atoms with van der Waals surface area (Å²) in [5, 5.41) is 3.75. The summed E-state index contributed by atoms with van der Waals surface area (Å²) in [7, 11) is 4.45. The Kier molecular flexibility index (Phi) is 6.31. The Bertz CT molecular complexity index is 279. The van der Waals surface area contributed by atoms with Crippen LogP contribution >= 0.6 is 0 Å². The highest BCUT2D eigenvalue weighted by Crippen LogP contribution is 2.32. The van der Waals surface area contributed by atoms with Gasteiger partial charge in [0.2, 0.25) is 0 Å². The molecule has 1 N–H and O–H groups in total. The van der Waals surface area contributed by atoms with E-state index in [1.54, 1.807) is 0 Å². The van der Waals surface area contributed by atoms with E-state index in [9.17, 15) is 0 Å². The first-order valence-electron chi connectivity index (χ1n) is 8.76. The van der Waals surface area contributed by atoms with Gasteiger partial charge < -0.3 is 15.1 Å². The van der Waals surface area contributed by atoms with Crippen LogP contribution < -0.4 is 5.32 Å². The minimum absolute atomic E-state index is 0.765. The van der Waals surface area contributed by atoms with E-state index in [4.69, 9.17) is 0 Å². The van der Waals surface area contributed by atoms with Gasteiger partial charge in [0.05, 0.1) is 0 Å². The van der Waals surface area contributed by atoms with Gasteiger partial charge in [0.15, 0.2) is 0 Å². The predicted molar refractivity (Wildman–Crippen MR) is 87.1 cm³/mol. The quantitative estimate of drug-likeness (QED) is 0.807. The second kappa shape index (κ2) is 7.77. The van der Waals surface area contributed by atoms with Crippen molar-refractivity contribution in [2.24, 2.45) is 11.8 Å². The van der Waals surface area contributed by atoms with Gasteiger partial charge in [-0.1, -0.05) is 20.3 Å². The average molecular weight is 281 g/mol. The maximum atomic E-state index is 3.75. The molecule has 0 aromatic carbocycles. The van der Waals surface area contributed by atoms with E-state index in [1.807, 2.05) is 0 Å². The molecule has 0 aromatic rings. The molecule has 0 radical (unpaired) electrons. The monoisotopic (exact) mass is 281 g/mol. The fourth-order valence-electron chi connectivity index (χ4n) is 4.20. The van der Waals surface area contributed by atoms with Gasteiger partial charge in [-0.25, -0.2) is 0 Å². The minimum atomic E-state index is 0.765. The van der Waals surface area contributed by atoms with Gasteiger partial charge in [-0.3, -0.25) is 0 Å². The van der Waals surface area contributed by atoms with E-state index < -0.39 is 0 Å². The number of likely N-dealkylation sites (N-methyl/N-ethyl adjacent to an activating group) is 1. The smallest absolute Gasteiger partial charge is 0.0229 e. The molecule has 2 fully saturated rings. The van der Waals surface area contributed by atoms with E-state index in [0.717, 1.165) is 30.5 Å². The average Bonchev–Trinajstić information content (AvgIpc) is 2.90. The van der Waals surface area contributed by atoms with Crippen molar-refractivity contribution in [2.45, 2.75) is 58.0 Å². The Morgan fingerprint density at radius 3 is 2.55 bits per heavy atom. The van der Waals surface area contributed by atoms with E-state index in [-0.39, 0.29) is 0 Å². The number of nitrogens with zero attached hydrogens (tertiary/aromatic N) is 2. The zero-order valence-electron chi connectivity index (χ0n) is 14.1. The number of rotatable bonds is 6. The maximum absolute atomic E-state index is 3.75. The second-order valence-corrected chi connectivity index (χ2v) is 7.18. The van der Waals surface area contributed by atoms with Crippen LogP contribution in [0.1, 0.15) is 46.0 Å². The van der Waals surface area contributed by atoms with Crippen molar-refractivity contribution in [3.05, 3.63) is 0 Å². The Morgan fingerprint density at radius 2 is 1.95 bits per heavy atom. The summed E-state index contributed by atoms with van der Waals surface area (Å²) in [6.07, 6.45) is 6.99. The molecule has 1 heterocycles. The van der Waals surface area contributed by atoms with Crippen LogP contribution in [-0.2, 0) is 0 Å². The van der Waals surface area contributed by atoms with E-state index in [2.05, 4.69) is 43.1 Å². The van der Waals surface area contributed by atoms with Crippen molar-refractivity contribution in [3.8, 4) is 0 Å². The van der Waals surface area contributed by atoms with Crippen LogP contribution in [0.2, 0.25) is 0 Å². The first-order chi connectivity index (χ1) is 9.63. The molecule has 2 aliphatic rings. The lowest BCUT2D eigenvalue weighted by atomic mass is 9.76. The van der Waals surface area contributed by atoms with Crippen molar-refractivity contribution in [2.75, 3.05) is 40.3 Å². The van der Waals surface area contributed by atoms with E-state index >= 15 is 0 Å². The molecule has 1 saturated heterocycles. The first kappa shape index (κ1) is 16.3. The zero-order valence-corrected chi connectivity index (χ0v) is 14.1. The van der Waals surface area contributed by atoms with Gasteiger partial charge in [0.25, 0.3) is 0 Å². The lowest BCUT2D eigenvalue weighted by molar-refractivity contribution is 0.147. The van der Waals surface area contributed by atoms with Crippen LogP contribution in [0.15, 0.2) is 0 Å². The largest absolute Gasteiger partial charge is 0.314 e. The maximum Gasteiger partial charge on any atom is 0.0229 e. The third kappa shape index (κ3) is 4.19. The molecule has 4 atom stereocenters. The summed E-state index contributed by atoms with van der Waals surface area (Å²) in [6.45, 7) is 9.64. The minimum Gasteiger partial charge on any atom is -0.314 e. The first-order valence-corrected chi connectivity index (χ1v) is 8.76. The summed E-state index contributed by atoms with van der Waals surface area (Å²) in [5.74, 6) is 1.84.